The highest BCUT2D eigenvalue weighted by atomic mass is 32.1. The van der Waals surface area contributed by atoms with Crippen LogP contribution in [0.4, 0.5) is 45.2 Å². The summed E-state index contributed by atoms with van der Waals surface area (Å²) >= 11 is 0.734. The number of alkyl halides is 9. The van der Waals surface area contributed by atoms with Crippen LogP contribution in [0.2, 0.25) is 0 Å². The van der Waals surface area contributed by atoms with Gasteiger partial charge in [-0.25, -0.2) is 0 Å². The van der Waals surface area contributed by atoms with Gasteiger partial charge in [-0.05, 0) is 29.6 Å². The summed E-state index contributed by atoms with van der Waals surface area (Å²) in [5.41, 5.74) is -5.97. The van der Waals surface area contributed by atoms with Crippen molar-refractivity contribution in [3.05, 3.63) is 57.3 Å². The topological polar surface area (TPSA) is 49.7 Å². The van der Waals surface area contributed by atoms with Gasteiger partial charge in [0.05, 0.1) is 27.3 Å². The molecule has 30 heavy (non-hydrogen) atoms. The fraction of sp³-hybridized carbons (Fsp3) is 0.176. The Hall–Kier alpha value is -2.83. The molecule has 3 nitrogen and oxygen atoms in total. The molecule has 1 aromatic carbocycles. The minimum Gasteiger partial charge on any atom is -0.506 e. The van der Waals surface area contributed by atoms with E-state index in [0.29, 0.717) is 0 Å². The molecule has 0 aliphatic rings. The number of thiophene rings is 1. The second kappa shape index (κ2) is 8.13. The number of aliphatic imine (C=N–C) groups is 1. The van der Waals surface area contributed by atoms with Crippen molar-refractivity contribution in [3.8, 4) is 0 Å². The van der Waals surface area contributed by atoms with E-state index in [9.17, 15) is 49.4 Å². The molecule has 0 saturated carbocycles. The Morgan fingerprint density at radius 3 is 1.87 bits per heavy atom. The van der Waals surface area contributed by atoms with E-state index < -0.39 is 52.5 Å². The second-order valence-corrected chi connectivity index (χ2v) is 6.54. The summed E-state index contributed by atoms with van der Waals surface area (Å²) in [7, 11) is 0. The van der Waals surface area contributed by atoms with Crippen molar-refractivity contribution in [3.63, 3.8) is 0 Å². The van der Waals surface area contributed by atoms with E-state index >= 15 is 0 Å². The zero-order chi connectivity index (χ0) is 22.9. The fourth-order valence-corrected chi connectivity index (χ4v) is 2.76. The van der Waals surface area contributed by atoms with E-state index in [1.54, 1.807) is 0 Å². The fourth-order valence-electron chi connectivity index (χ4n) is 2.08. The highest BCUT2D eigenvalue weighted by Gasteiger charge is 2.42. The largest absolute Gasteiger partial charge is 0.506 e. The van der Waals surface area contributed by atoms with Gasteiger partial charge in [-0.2, -0.15) is 39.5 Å². The van der Waals surface area contributed by atoms with Crippen molar-refractivity contribution in [1.29, 1.82) is 0 Å². The third-order valence-electron chi connectivity index (χ3n) is 3.43. The van der Waals surface area contributed by atoms with Gasteiger partial charge in [0, 0.05) is 6.21 Å². The predicted octanol–water partition coefficient (Wildman–Crippen LogP) is 6.59. The van der Waals surface area contributed by atoms with Crippen molar-refractivity contribution in [2.75, 3.05) is 0 Å². The Bertz CT molecular complexity index is 952. The number of halogens is 9. The highest BCUT2D eigenvalue weighted by molar-refractivity contribution is 7.11. The number of hydrogen-bond acceptors (Lipinski definition) is 4. The van der Waals surface area contributed by atoms with Crippen molar-refractivity contribution in [1.82, 2.24) is 0 Å². The van der Waals surface area contributed by atoms with E-state index in [1.807, 2.05) is 0 Å². The van der Waals surface area contributed by atoms with Gasteiger partial charge < -0.3 is 5.11 Å². The van der Waals surface area contributed by atoms with E-state index in [0.717, 1.165) is 17.4 Å². The molecule has 0 aliphatic carbocycles. The maximum Gasteiger partial charge on any atom is 0.455 e. The molecule has 0 amide bonds. The number of allylic oxidation sites excluding steroid dienone is 1. The molecule has 0 saturated heterocycles. The molecule has 1 N–H and O–H groups in total. The molecule has 162 valence electrons. The molecule has 0 spiro atoms. The van der Waals surface area contributed by atoms with Gasteiger partial charge in [-0.1, -0.05) is 6.07 Å². The van der Waals surface area contributed by atoms with Gasteiger partial charge in [0.1, 0.15) is 5.76 Å². The van der Waals surface area contributed by atoms with E-state index in [-0.39, 0.29) is 29.3 Å². The Morgan fingerprint density at radius 2 is 1.47 bits per heavy atom. The lowest BCUT2D eigenvalue weighted by molar-refractivity contribution is -0.165. The molecule has 0 radical (unpaired) electrons. The summed E-state index contributed by atoms with van der Waals surface area (Å²) in [6.45, 7) is 0. The van der Waals surface area contributed by atoms with Crippen LogP contribution in [0.25, 0.3) is 5.76 Å². The maximum atomic E-state index is 12.9. The highest BCUT2D eigenvalue weighted by Crippen LogP contribution is 2.38. The standard InChI is InChI=1S/C17H8F9NO2S/c18-15(19,20)8-4-9(16(21,22)23)6-10(5-8)27-7-11(14(29)17(24,25)26)13(28)12-2-1-3-30-12/h1-7,28H/b13-11+,27-7?. The molecular weight excluding hydrogens is 453 g/mol. The number of carbonyl (C=O) groups excluding carboxylic acids is 1. The van der Waals surface area contributed by atoms with E-state index in [2.05, 4.69) is 4.99 Å². The van der Waals surface area contributed by atoms with Crippen LogP contribution in [0, 0.1) is 0 Å². The number of nitrogens with zero attached hydrogens (tertiary/aromatic N) is 1. The smallest absolute Gasteiger partial charge is 0.455 e. The van der Waals surface area contributed by atoms with Gasteiger partial charge in [-0.15, -0.1) is 11.3 Å². The average molecular weight is 461 g/mol. The predicted molar refractivity (Wildman–Crippen MR) is 89.5 cm³/mol. The third kappa shape index (κ3) is 5.62. The Morgan fingerprint density at radius 1 is 0.933 bits per heavy atom. The summed E-state index contributed by atoms with van der Waals surface area (Å²) in [5.74, 6) is -3.76. The number of benzene rings is 1. The van der Waals surface area contributed by atoms with Crippen LogP contribution >= 0.6 is 11.3 Å². The number of aliphatic hydroxyl groups is 1. The third-order valence-corrected chi connectivity index (χ3v) is 4.30. The lowest BCUT2D eigenvalue weighted by Crippen LogP contribution is -2.26. The summed E-state index contributed by atoms with van der Waals surface area (Å²) in [5, 5.41) is 11.3. The zero-order valence-electron chi connectivity index (χ0n) is 14.2. The zero-order valence-corrected chi connectivity index (χ0v) is 15.0. The average Bonchev–Trinajstić information content (AvgIpc) is 3.13. The van der Waals surface area contributed by atoms with Gasteiger partial charge >= 0.3 is 18.5 Å². The number of rotatable bonds is 4. The van der Waals surface area contributed by atoms with Gasteiger partial charge in [0.15, 0.2) is 0 Å². The molecule has 0 unspecified atom stereocenters. The Balaban J connectivity index is 2.62. The number of hydrogen-bond donors (Lipinski definition) is 1. The minimum absolute atomic E-state index is 0.0700. The first-order valence-corrected chi connectivity index (χ1v) is 8.41. The lowest BCUT2D eigenvalue weighted by atomic mass is 10.1. The van der Waals surface area contributed by atoms with Crippen LogP contribution in [-0.4, -0.2) is 23.3 Å². The van der Waals surface area contributed by atoms with Crippen molar-refractivity contribution >= 4 is 34.8 Å². The monoisotopic (exact) mass is 461 g/mol. The first-order chi connectivity index (χ1) is 13.6. The van der Waals surface area contributed by atoms with Crippen LogP contribution in [0.15, 0.2) is 46.3 Å². The quantitative estimate of drug-likeness (QED) is 0.242. The second-order valence-electron chi connectivity index (χ2n) is 5.59. The summed E-state index contributed by atoms with van der Waals surface area (Å²) in [6.07, 6.45) is -15.8. The van der Waals surface area contributed by atoms with E-state index in [4.69, 9.17) is 0 Å². The molecule has 1 aromatic heterocycles. The number of ketones is 1. The summed E-state index contributed by atoms with van der Waals surface area (Å²) in [6, 6.07) is 2.59. The number of carbonyl (C=O) groups is 1. The van der Waals surface area contributed by atoms with Crippen molar-refractivity contribution < 1.29 is 49.4 Å². The maximum absolute atomic E-state index is 12.9. The molecule has 0 atom stereocenters. The molecule has 0 fully saturated rings. The number of aliphatic hydroxyl groups excluding tert-OH is 1. The van der Waals surface area contributed by atoms with Crippen LogP contribution in [0.5, 0.6) is 0 Å². The van der Waals surface area contributed by atoms with Gasteiger partial charge in [0.25, 0.3) is 5.78 Å². The lowest BCUT2D eigenvalue weighted by Gasteiger charge is -2.13. The van der Waals surface area contributed by atoms with Crippen molar-refractivity contribution in [2.45, 2.75) is 18.5 Å². The molecular formula is C17H8F9NO2S. The summed E-state index contributed by atoms with van der Waals surface area (Å²) < 4.78 is 116. The van der Waals surface area contributed by atoms with E-state index in [1.165, 1.54) is 11.4 Å². The SMILES string of the molecule is O=C(/C(C=Nc1cc(C(F)(F)F)cc(C(F)(F)F)c1)=C(/O)c1cccs1)C(F)(F)F. The van der Waals surface area contributed by atoms with Crippen molar-refractivity contribution in [2.24, 2.45) is 4.99 Å². The normalized spacial score (nSPS) is 14.2. The molecule has 0 aliphatic heterocycles. The Kier molecular flexibility index (Phi) is 6.35. The minimum atomic E-state index is -5.49. The molecule has 0 bridgehead atoms. The van der Waals surface area contributed by atoms with Crippen LogP contribution in [0.3, 0.4) is 0 Å². The molecule has 2 rings (SSSR count). The first-order valence-electron chi connectivity index (χ1n) is 7.53. The Labute approximate surface area is 165 Å². The molecule has 2 aromatic rings. The number of Topliss-reactive ketones (excluding diaryl/α,β-unsaturated/α-hetero) is 1. The van der Waals surface area contributed by atoms with Gasteiger partial charge in [-0.3, -0.25) is 9.79 Å². The first kappa shape index (κ1) is 23.4. The molecule has 13 heteroatoms. The van der Waals surface area contributed by atoms with Crippen LogP contribution in [-0.2, 0) is 17.1 Å². The van der Waals surface area contributed by atoms with Crippen LogP contribution in [0.1, 0.15) is 16.0 Å². The van der Waals surface area contributed by atoms with Gasteiger partial charge in [0.2, 0.25) is 0 Å². The summed E-state index contributed by atoms with van der Waals surface area (Å²) in [4.78, 5) is 14.5. The molecule has 1 heterocycles. The van der Waals surface area contributed by atoms with Crippen LogP contribution < -0.4 is 0 Å².